The van der Waals surface area contributed by atoms with Crippen molar-refractivity contribution >= 4 is 28.5 Å². The van der Waals surface area contributed by atoms with E-state index in [-0.39, 0.29) is 28.9 Å². The first-order valence-electron chi connectivity index (χ1n) is 12.8. The molecule has 2 aliphatic rings. The summed E-state index contributed by atoms with van der Waals surface area (Å²) < 4.78 is 37.1. The van der Waals surface area contributed by atoms with Crippen LogP contribution in [0.4, 0.5) is 26.2 Å². The fourth-order valence-electron chi connectivity index (χ4n) is 5.20. The highest BCUT2D eigenvalue weighted by Crippen LogP contribution is 2.34. The van der Waals surface area contributed by atoms with E-state index in [1.54, 1.807) is 18.5 Å². The number of imidazole rings is 1. The van der Waals surface area contributed by atoms with Gasteiger partial charge in [0.1, 0.15) is 17.2 Å². The minimum absolute atomic E-state index is 0.0730. The zero-order valence-corrected chi connectivity index (χ0v) is 21.6. The lowest BCUT2D eigenvalue weighted by atomic mass is 10.0. The Kier molecular flexibility index (Phi) is 6.40. The molecule has 0 aliphatic carbocycles. The maximum Gasteiger partial charge on any atom is 0.151 e. The van der Waals surface area contributed by atoms with Crippen LogP contribution in [-0.2, 0) is 4.74 Å². The van der Waals surface area contributed by atoms with E-state index in [2.05, 4.69) is 35.1 Å². The van der Waals surface area contributed by atoms with Crippen LogP contribution in [0.2, 0.25) is 0 Å². The summed E-state index contributed by atoms with van der Waals surface area (Å²) in [7, 11) is 0. The second-order valence-corrected chi connectivity index (χ2v) is 10.0. The van der Waals surface area contributed by atoms with E-state index < -0.39 is 11.6 Å². The Labute approximate surface area is 219 Å². The number of piperazine rings is 1. The third kappa shape index (κ3) is 4.56. The van der Waals surface area contributed by atoms with Gasteiger partial charge in [0.25, 0.3) is 0 Å². The molecule has 2 aliphatic heterocycles. The molecule has 0 saturated carbocycles. The fraction of sp³-hybridized carbons (Fsp3) is 0.407. The van der Waals surface area contributed by atoms with Crippen molar-refractivity contribution in [2.24, 2.45) is 0 Å². The SMILES string of the molecule is Cc1nc2c(F)cc(-c3cc([N-]c4ncc(N5CCN(C6COC6)CC5)cn4)ncc3F)cc2n1C(C)C. The normalized spacial score (nSPS) is 16.8. The highest BCUT2D eigenvalue weighted by Gasteiger charge is 2.28. The molecule has 1 aromatic carbocycles. The van der Waals surface area contributed by atoms with Crippen LogP contribution in [0.1, 0.15) is 25.7 Å². The first kappa shape index (κ1) is 24.6. The summed E-state index contributed by atoms with van der Waals surface area (Å²) in [5, 5.41) is 4.39. The smallest absolute Gasteiger partial charge is 0.151 e. The molecule has 38 heavy (non-hydrogen) atoms. The summed E-state index contributed by atoms with van der Waals surface area (Å²) in [6.07, 6.45) is 4.58. The van der Waals surface area contributed by atoms with Crippen molar-refractivity contribution in [2.45, 2.75) is 32.9 Å². The molecule has 11 heteroatoms. The number of nitrogens with zero attached hydrogens (tertiary/aromatic N) is 8. The number of ether oxygens (including phenoxy) is 1. The van der Waals surface area contributed by atoms with Gasteiger partial charge in [0.05, 0.1) is 30.7 Å². The van der Waals surface area contributed by atoms with Crippen molar-refractivity contribution in [3.05, 3.63) is 59.6 Å². The number of fused-ring (bicyclic) bond motifs is 1. The van der Waals surface area contributed by atoms with E-state index in [0.717, 1.165) is 51.3 Å². The molecule has 2 fully saturated rings. The molecule has 0 unspecified atom stereocenters. The summed E-state index contributed by atoms with van der Waals surface area (Å²) in [6, 6.07) is 5.15. The Hall–Kier alpha value is -3.70. The number of rotatable bonds is 6. The van der Waals surface area contributed by atoms with Gasteiger partial charge >= 0.3 is 0 Å². The maximum absolute atomic E-state index is 15.0. The first-order valence-corrected chi connectivity index (χ1v) is 12.8. The highest BCUT2D eigenvalue weighted by molar-refractivity contribution is 5.84. The summed E-state index contributed by atoms with van der Waals surface area (Å²) in [4.78, 5) is 21.9. The molecule has 0 spiro atoms. The average molecular weight is 520 g/mol. The lowest BCUT2D eigenvalue weighted by Gasteiger charge is -2.43. The van der Waals surface area contributed by atoms with E-state index in [4.69, 9.17) is 4.74 Å². The van der Waals surface area contributed by atoms with Gasteiger partial charge in [0.15, 0.2) is 5.82 Å². The van der Waals surface area contributed by atoms with Crippen molar-refractivity contribution in [3.8, 4) is 11.1 Å². The highest BCUT2D eigenvalue weighted by atomic mass is 19.1. The molecule has 0 bridgehead atoms. The van der Waals surface area contributed by atoms with Crippen molar-refractivity contribution in [1.82, 2.24) is 29.4 Å². The molecule has 2 saturated heterocycles. The predicted molar refractivity (Wildman–Crippen MR) is 141 cm³/mol. The molecule has 3 aromatic heterocycles. The summed E-state index contributed by atoms with van der Waals surface area (Å²) in [5.74, 6) is 0.0838. The fourth-order valence-corrected chi connectivity index (χ4v) is 5.20. The van der Waals surface area contributed by atoms with Gasteiger partial charge in [-0.1, -0.05) is 0 Å². The Morgan fingerprint density at radius 1 is 0.947 bits per heavy atom. The van der Waals surface area contributed by atoms with Crippen LogP contribution >= 0.6 is 0 Å². The van der Waals surface area contributed by atoms with Crippen LogP contribution in [0, 0.1) is 18.6 Å². The van der Waals surface area contributed by atoms with Gasteiger partial charge in [0, 0.05) is 55.5 Å². The topological polar surface area (TPSA) is 86.3 Å². The number of benzene rings is 1. The van der Waals surface area contributed by atoms with Gasteiger partial charge in [-0.05, 0) is 56.9 Å². The molecule has 0 N–H and O–H groups in total. The third-order valence-electron chi connectivity index (χ3n) is 7.25. The molecule has 0 atom stereocenters. The molecular formula is C27H29F2N8O-. The average Bonchev–Trinajstić information content (AvgIpc) is 3.22. The van der Waals surface area contributed by atoms with Gasteiger partial charge in [-0.25, -0.2) is 13.8 Å². The molecule has 4 aromatic rings. The van der Waals surface area contributed by atoms with E-state index in [1.165, 1.54) is 12.1 Å². The Balaban J connectivity index is 1.20. The molecule has 198 valence electrons. The van der Waals surface area contributed by atoms with Crippen LogP contribution < -0.4 is 4.90 Å². The molecule has 0 amide bonds. The Morgan fingerprint density at radius 3 is 2.34 bits per heavy atom. The van der Waals surface area contributed by atoms with E-state index in [1.807, 2.05) is 25.3 Å². The van der Waals surface area contributed by atoms with E-state index in [0.29, 0.717) is 22.9 Å². The minimum atomic E-state index is -0.570. The van der Waals surface area contributed by atoms with Gasteiger partial charge in [-0.15, -0.1) is 0 Å². The second kappa shape index (κ2) is 9.88. The quantitative estimate of drug-likeness (QED) is 0.358. The number of halogens is 2. The third-order valence-corrected chi connectivity index (χ3v) is 7.25. The Morgan fingerprint density at radius 2 is 1.68 bits per heavy atom. The van der Waals surface area contributed by atoms with Gasteiger partial charge in [-0.2, -0.15) is 0 Å². The first-order chi connectivity index (χ1) is 18.4. The number of aromatic nitrogens is 5. The summed E-state index contributed by atoms with van der Waals surface area (Å²) in [5.41, 5.74) is 2.40. The second-order valence-electron chi connectivity index (χ2n) is 10.0. The van der Waals surface area contributed by atoms with Crippen LogP contribution in [0.15, 0.2) is 36.8 Å². The van der Waals surface area contributed by atoms with Gasteiger partial charge in [0.2, 0.25) is 0 Å². The largest absolute Gasteiger partial charge is 0.378 e. The maximum atomic E-state index is 15.0. The monoisotopic (exact) mass is 519 g/mol. The van der Waals surface area contributed by atoms with Gasteiger partial charge < -0.3 is 34.5 Å². The lowest BCUT2D eigenvalue weighted by molar-refractivity contribution is -0.0660. The van der Waals surface area contributed by atoms with E-state index in [9.17, 15) is 8.78 Å². The van der Waals surface area contributed by atoms with Crippen molar-refractivity contribution < 1.29 is 13.5 Å². The van der Waals surface area contributed by atoms with Crippen molar-refractivity contribution in [1.29, 1.82) is 0 Å². The van der Waals surface area contributed by atoms with E-state index >= 15 is 0 Å². The van der Waals surface area contributed by atoms with Crippen LogP contribution in [0.5, 0.6) is 0 Å². The van der Waals surface area contributed by atoms with Crippen molar-refractivity contribution in [2.75, 3.05) is 44.3 Å². The number of hydrogen-bond donors (Lipinski definition) is 0. The van der Waals surface area contributed by atoms with Crippen LogP contribution in [0.3, 0.4) is 0 Å². The molecule has 9 nitrogen and oxygen atoms in total. The van der Waals surface area contributed by atoms with Crippen LogP contribution in [0.25, 0.3) is 27.5 Å². The molecule has 6 rings (SSSR count). The van der Waals surface area contributed by atoms with Crippen LogP contribution in [-0.4, -0.2) is 74.8 Å². The Bertz CT molecular complexity index is 1460. The zero-order chi connectivity index (χ0) is 26.4. The minimum Gasteiger partial charge on any atom is -0.378 e. The molecule has 5 heterocycles. The zero-order valence-electron chi connectivity index (χ0n) is 21.6. The molecule has 0 radical (unpaired) electrons. The standard InChI is InChI=1S/C27H29F2N8O/c1-16(2)37-17(3)33-26-22(28)8-18(9-24(26)37)21-10-25(30-13-23(21)29)34-27-31-11-19(12-32-27)35-4-6-36(7-5-35)20-14-38-15-20/h8-13,16,20H,4-7,14-15H2,1-3H3/q-1. The van der Waals surface area contributed by atoms with Crippen molar-refractivity contribution in [3.63, 3.8) is 0 Å². The number of hydrogen-bond acceptors (Lipinski definition) is 7. The number of pyridine rings is 1. The summed E-state index contributed by atoms with van der Waals surface area (Å²) >= 11 is 0. The molecular weight excluding hydrogens is 490 g/mol. The van der Waals surface area contributed by atoms with Gasteiger partial charge in [-0.3, -0.25) is 4.90 Å². The number of anilines is 1. The predicted octanol–water partition coefficient (Wildman–Crippen LogP) is 4.91. The lowest BCUT2D eigenvalue weighted by Crippen LogP contribution is -2.56. The number of aryl methyl sites for hydroxylation is 1. The summed E-state index contributed by atoms with van der Waals surface area (Å²) in [6.45, 7) is 11.2.